The van der Waals surface area contributed by atoms with Gasteiger partial charge >= 0.3 is 0 Å². The summed E-state index contributed by atoms with van der Waals surface area (Å²) in [4.78, 5) is 0. The second-order valence-corrected chi connectivity index (χ2v) is 4.80. The van der Waals surface area contributed by atoms with Gasteiger partial charge in [0, 0.05) is 12.6 Å². The first-order valence-corrected chi connectivity index (χ1v) is 6.96. The highest BCUT2D eigenvalue weighted by atomic mass is 16.5. The summed E-state index contributed by atoms with van der Waals surface area (Å²) in [6.07, 6.45) is 1.59. The van der Waals surface area contributed by atoms with Crippen LogP contribution in [0.4, 0.5) is 0 Å². The number of ether oxygens (including phenoxy) is 1. The van der Waals surface area contributed by atoms with E-state index in [0.717, 1.165) is 29.0 Å². The van der Waals surface area contributed by atoms with Gasteiger partial charge in [0.1, 0.15) is 11.5 Å². The van der Waals surface area contributed by atoms with E-state index in [0.29, 0.717) is 6.42 Å². The summed E-state index contributed by atoms with van der Waals surface area (Å²) in [7, 11) is 0. The van der Waals surface area contributed by atoms with E-state index in [1.165, 1.54) is 0 Å². The zero-order valence-electron chi connectivity index (χ0n) is 11.8. The predicted molar refractivity (Wildman–Crippen MR) is 81.0 cm³/mol. The van der Waals surface area contributed by atoms with Crippen molar-refractivity contribution < 1.29 is 9.84 Å². The van der Waals surface area contributed by atoms with Crippen LogP contribution >= 0.6 is 0 Å². The van der Waals surface area contributed by atoms with Gasteiger partial charge in [0.25, 0.3) is 0 Å². The molecule has 0 radical (unpaired) electrons. The summed E-state index contributed by atoms with van der Waals surface area (Å²) in [5.74, 6) is 1.59. The Morgan fingerprint density at radius 2 is 1.55 bits per heavy atom. The Morgan fingerprint density at radius 3 is 2.05 bits per heavy atom. The van der Waals surface area contributed by atoms with E-state index >= 15 is 0 Å². The first-order valence-electron chi connectivity index (χ1n) is 6.96. The Labute approximate surface area is 120 Å². The SMILES string of the molecule is CCC(N)c1ccc(Oc2ccc(CCO)cc2)cc1. The van der Waals surface area contributed by atoms with Crippen LogP contribution in [0.25, 0.3) is 0 Å². The van der Waals surface area contributed by atoms with Crippen molar-refractivity contribution in [2.24, 2.45) is 5.73 Å². The van der Waals surface area contributed by atoms with Gasteiger partial charge in [0.15, 0.2) is 0 Å². The molecule has 1 unspecified atom stereocenters. The minimum absolute atomic E-state index is 0.0850. The largest absolute Gasteiger partial charge is 0.457 e. The zero-order chi connectivity index (χ0) is 14.4. The Bertz CT molecular complexity index is 520. The molecule has 1 atom stereocenters. The maximum atomic E-state index is 8.87. The number of benzene rings is 2. The normalized spacial score (nSPS) is 12.2. The third-order valence-electron chi connectivity index (χ3n) is 3.31. The molecule has 106 valence electrons. The molecular weight excluding hydrogens is 250 g/mol. The maximum Gasteiger partial charge on any atom is 0.127 e. The average Bonchev–Trinajstić information content (AvgIpc) is 2.49. The van der Waals surface area contributed by atoms with Gasteiger partial charge in [-0.25, -0.2) is 0 Å². The van der Waals surface area contributed by atoms with E-state index in [1.54, 1.807) is 0 Å². The maximum absolute atomic E-state index is 8.87. The monoisotopic (exact) mass is 271 g/mol. The van der Waals surface area contributed by atoms with Gasteiger partial charge in [-0.15, -0.1) is 0 Å². The lowest BCUT2D eigenvalue weighted by Gasteiger charge is -2.11. The Hall–Kier alpha value is -1.84. The first-order chi connectivity index (χ1) is 9.72. The summed E-state index contributed by atoms with van der Waals surface area (Å²) in [5.41, 5.74) is 8.21. The standard InChI is InChI=1S/C17H21NO2/c1-2-17(18)14-5-9-16(10-6-14)20-15-7-3-13(4-8-15)11-12-19/h3-10,17,19H,2,11-12,18H2,1H3. The fourth-order valence-electron chi connectivity index (χ4n) is 2.01. The summed E-state index contributed by atoms with van der Waals surface area (Å²) < 4.78 is 5.78. The summed E-state index contributed by atoms with van der Waals surface area (Å²) >= 11 is 0. The zero-order valence-corrected chi connectivity index (χ0v) is 11.8. The number of hydrogen-bond donors (Lipinski definition) is 2. The van der Waals surface area contributed by atoms with Crippen molar-refractivity contribution in [1.82, 2.24) is 0 Å². The van der Waals surface area contributed by atoms with Crippen LogP contribution in [0.15, 0.2) is 48.5 Å². The third-order valence-corrected chi connectivity index (χ3v) is 3.31. The molecule has 2 rings (SSSR count). The fourth-order valence-corrected chi connectivity index (χ4v) is 2.01. The molecule has 0 fully saturated rings. The molecule has 0 aromatic heterocycles. The van der Waals surface area contributed by atoms with Crippen LogP contribution in [-0.4, -0.2) is 11.7 Å². The van der Waals surface area contributed by atoms with E-state index < -0.39 is 0 Å². The highest BCUT2D eigenvalue weighted by Gasteiger charge is 2.03. The van der Waals surface area contributed by atoms with E-state index in [-0.39, 0.29) is 12.6 Å². The Kier molecular flexibility index (Phi) is 5.16. The van der Waals surface area contributed by atoms with E-state index in [1.807, 2.05) is 48.5 Å². The van der Waals surface area contributed by atoms with Crippen LogP contribution in [0.3, 0.4) is 0 Å². The van der Waals surface area contributed by atoms with Crippen LogP contribution in [0.2, 0.25) is 0 Å². The van der Waals surface area contributed by atoms with Gasteiger partial charge in [-0.2, -0.15) is 0 Å². The predicted octanol–water partition coefficient (Wildman–Crippen LogP) is 3.42. The number of rotatable bonds is 6. The van der Waals surface area contributed by atoms with Gasteiger partial charge < -0.3 is 15.6 Å². The highest BCUT2D eigenvalue weighted by molar-refractivity contribution is 5.35. The molecule has 3 heteroatoms. The molecule has 0 aliphatic rings. The lowest BCUT2D eigenvalue weighted by atomic mass is 10.1. The molecule has 3 N–H and O–H groups in total. The molecule has 0 amide bonds. The summed E-state index contributed by atoms with van der Waals surface area (Å²) in [5, 5.41) is 8.87. The molecule has 0 aliphatic carbocycles. The van der Waals surface area contributed by atoms with Gasteiger partial charge in [-0.05, 0) is 48.2 Å². The molecule has 0 spiro atoms. The number of aliphatic hydroxyl groups is 1. The highest BCUT2D eigenvalue weighted by Crippen LogP contribution is 2.24. The van der Waals surface area contributed by atoms with E-state index in [9.17, 15) is 0 Å². The molecule has 20 heavy (non-hydrogen) atoms. The molecule has 3 nitrogen and oxygen atoms in total. The van der Waals surface area contributed by atoms with Crippen LogP contribution in [0, 0.1) is 0 Å². The second kappa shape index (κ2) is 7.08. The minimum Gasteiger partial charge on any atom is -0.457 e. The van der Waals surface area contributed by atoms with Crippen molar-refractivity contribution >= 4 is 0 Å². The first kappa shape index (κ1) is 14.6. The summed E-state index contributed by atoms with van der Waals surface area (Å²) in [6.45, 7) is 2.24. The summed E-state index contributed by atoms with van der Waals surface area (Å²) in [6, 6.07) is 15.7. The van der Waals surface area contributed by atoms with E-state index in [2.05, 4.69) is 6.92 Å². The van der Waals surface area contributed by atoms with Crippen LogP contribution < -0.4 is 10.5 Å². The quantitative estimate of drug-likeness (QED) is 0.846. The fraction of sp³-hybridized carbons (Fsp3) is 0.294. The van der Waals surface area contributed by atoms with Crippen molar-refractivity contribution in [2.45, 2.75) is 25.8 Å². The Balaban J connectivity index is 2.02. The second-order valence-electron chi connectivity index (χ2n) is 4.80. The topological polar surface area (TPSA) is 55.5 Å². The molecule has 0 heterocycles. The number of aliphatic hydroxyl groups excluding tert-OH is 1. The lowest BCUT2D eigenvalue weighted by Crippen LogP contribution is -2.07. The van der Waals surface area contributed by atoms with Crippen LogP contribution in [0.1, 0.15) is 30.5 Å². The molecule has 0 aliphatic heterocycles. The molecular formula is C17H21NO2. The molecule has 2 aromatic rings. The van der Waals surface area contributed by atoms with Gasteiger partial charge in [-0.1, -0.05) is 31.2 Å². The van der Waals surface area contributed by atoms with Crippen molar-refractivity contribution in [3.63, 3.8) is 0 Å². The molecule has 0 saturated heterocycles. The third kappa shape index (κ3) is 3.83. The molecule has 2 aromatic carbocycles. The number of nitrogens with two attached hydrogens (primary N) is 1. The van der Waals surface area contributed by atoms with E-state index in [4.69, 9.17) is 15.6 Å². The molecule has 0 saturated carbocycles. The lowest BCUT2D eigenvalue weighted by molar-refractivity contribution is 0.299. The van der Waals surface area contributed by atoms with Gasteiger partial charge in [-0.3, -0.25) is 0 Å². The minimum atomic E-state index is 0.0850. The van der Waals surface area contributed by atoms with Crippen molar-refractivity contribution in [3.8, 4) is 11.5 Å². The molecule has 0 bridgehead atoms. The van der Waals surface area contributed by atoms with Crippen LogP contribution in [0.5, 0.6) is 11.5 Å². The van der Waals surface area contributed by atoms with Crippen molar-refractivity contribution in [3.05, 3.63) is 59.7 Å². The van der Waals surface area contributed by atoms with Gasteiger partial charge in [0.2, 0.25) is 0 Å². The van der Waals surface area contributed by atoms with Crippen LogP contribution in [-0.2, 0) is 6.42 Å². The number of hydrogen-bond acceptors (Lipinski definition) is 3. The van der Waals surface area contributed by atoms with Gasteiger partial charge in [0.05, 0.1) is 0 Å². The average molecular weight is 271 g/mol. The Morgan fingerprint density at radius 1 is 1.00 bits per heavy atom. The smallest absolute Gasteiger partial charge is 0.127 e. The van der Waals surface area contributed by atoms with Crippen molar-refractivity contribution in [2.75, 3.05) is 6.61 Å². The van der Waals surface area contributed by atoms with Crippen molar-refractivity contribution in [1.29, 1.82) is 0 Å².